The van der Waals surface area contributed by atoms with E-state index in [1.165, 1.54) is 0 Å². The van der Waals surface area contributed by atoms with Crippen molar-refractivity contribution in [1.82, 2.24) is 0 Å². The molecule has 1 saturated carbocycles. The Morgan fingerprint density at radius 3 is 2.17 bits per heavy atom. The number of rotatable bonds is 6. The van der Waals surface area contributed by atoms with E-state index in [4.69, 9.17) is 4.74 Å². The zero-order valence-corrected chi connectivity index (χ0v) is 14.1. The van der Waals surface area contributed by atoms with E-state index in [-0.39, 0.29) is 23.6 Å². The van der Waals surface area contributed by atoms with E-state index in [1.807, 2.05) is 74.5 Å². The molecule has 1 aliphatic rings. The first-order valence-electron chi connectivity index (χ1n) is 8.39. The van der Waals surface area contributed by atoms with Gasteiger partial charge in [0, 0.05) is 17.9 Å². The molecule has 124 valence electrons. The van der Waals surface area contributed by atoms with Crippen molar-refractivity contribution in [3.63, 3.8) is 0 Å². The van der Waals surface area contributed by atoms with Gasteiger partial charge in [0.1, 0.15) is 0 Å². The molecule has 3 heteroatoms. The number of benzene rings is 2. The summed E-state index contributed by atoms with van der Waals surface area (Å²) in [4.78, 5) is 25.1. The summed E-state index contributed by atoms with van der Waals surface area (Å²) in [5.74, 6) is -0.115. The first-order valence-corrected chi connectivity index (χ1v) is 8.39. The van der Waals surface area contributed by atoms with Crippen LogP contribution in [0, 0.1) is 11.3 Å². The van der Waals surface area contributed by atoms with Crippen molar-refractivity contribution < 1.29 is 14.3 Å². The van der Waals surface area contributed by atoms with Crippen molar-refractivity contribution in [2.24, 2.45) is 11.3 Å². The van der Waals surface area contributed by atoms with Crippen molar-refractivity contribution in [2.45, 2.75) is 26.2 Å². The summed E-state index contributed by atoms with van der Waals surface area (Å²) in [7, 11) is 0. The van der Waals surface area contributed by atoms with Gasteiger partial charge in [0.25, 0.3) is 0 Å². The van der Waals surface area contributed by atoms with E-state index >= 15 is 0 Å². The average Bonchev–Trinajstić information content (AvgIpc) is 3.22. The zero-order chi connectivity index (χ0) is 17.2. The van der Waals surface area contributed by atoms with Crippen molar-refractivity contribution in [1.29, 1.82) is 0 Å². The summed E-state index contributed by atoms with van der Waals surface area (Å²) >= 11 is 0. The second-order valence-corrected chi connectivity index (χ2v) is 6.49. The van der Waals surface area contributed by atoms with E-state index in [0.717, 1.165) is 5.56 Å². The van der Waals surface area contributed by atoms with Gasteiger partial charge in [-0.3, -0.25) is 9.59 Å². The molecule has 0 amide bonds. The van der Waals surface area contributed by atoms with Gasteiger partial charge < -0.3 is 4.74 Å². The molecule has 0 bridgehead atoms. The lowest BCUT2D eigenvalue weighted by atomic mass is 9.99. The fourth-order valence-electron chi connectivity index (χ4n) is 3.68. The highest BCUT2D eigenvalue weighted by molar-refractivity contribution is 5.97. The molecule has 1 aliphatic carbocycles. The lowest BCUT2D eigenvalue weighted by Crippen LogP contribution is -2.20. The minimum absolute atomic E-state index is 0.0216. The predicted molar refractivity (Wildman–Crippen MR) is 92.8 cm³/mol. The van der Waals surface area contributed by atoms with Crippen LogP contribution < -0.4 is 0 Å². The maximum atomic E-state index is 12.6. The highest BCUT2D eigenvalue weighted by Gasteiger charge is 2.67. The number of ketones is 1. The summed E-state index contributed by atoms with van der Waals surface area (Å²) in [5.41, 5.74) is 1.17. The maximum absolute atomic E-state index is 12.6. The Balaban J connectivity index is 1.84. The molecule has 3 atom stereocenters. The number of Topliss-reactive ketones (excluding diaryl/α,β-unsaturated/α-hetero) is 1. The van der Waals surface area contributed by atoms with E-state index < -0.39 is 5.41 Å². The Bertz CT molecular complexity index is 723. The number of carbonyl (C=O) groups is 2. The Kier molecular flexibility index (Phi) is 4.52. The lowest BCUT2D eigenvalue weighted by Gasteiger charge is -2.11. The molecule has 0 unspecified atom stereocenters. The van der Waals surface area contributed by atoms with Crippen LogP contribution in [-0.4, -0.2) is 18.4 Å². The fourth-order valence-corrected chi connectivity index (χ4v) is 3.68. The van der Waals surface area contributed by atoms with Crippen LogP contribution in [0.3, 0.4) is 0 Å². The van der Waals surface area contributed by atoms with Crippen LogP contribution in [0.5, 0.6) is 0 Å². The Hall–Kier alpha value is -2.42. The molecule has 2 aromatic carbocycles. The predicted octanol–water partition coefficient (Wildman–Crippen LogP) is 4.24. The summed E-state index contributed by atoms with van der Waals surface area (Å²) in [5, 5.41) is 0. The van der Waals surface area contributed by atoms with Gasteiger partial charge in [-0.25, -0.2) is 0 Å². The Labute approximate surface area is 142 Å². The van der Waals surface area contributed by atoms with Crippen LogP contribution in [0.25, 0.3) is 0 Å². The van der Waals surface area contributed by atoms with Gasteiger partial charge in [0.05, 0.1) is 12.0 Å². The summed E-state index contributed by atoms with van der Waals surface area (Å²) in [6, 6.07) is 19.2. The van der Waals surface area contributed by atoms with Crippen molar-refractivity contribution >= 4 is 11.8 Å². The molecular weight excluding hydrogens is 300 g/mol. The van der Waals surface area contributed by atoms with Gasteiger partial charge in [0.15, 0.2) is 5.78 Å². The molecular formula is C21H22O3. The normalized spacial score (nSPS) is 25.1. The fraction of sp³-hybridized carbons (Fsp3) is 0.333. The first-order chi connectivity index (χ1) is 11.6. The minimum Gasteiger partial charge on any atom is -0.466 e. The Morgan fingerprint density at radius 2 is 1.58 bits per heavy atom. The molecule has 0 aromatic heterocycles. The van der Waals surface area contributed by atoms with Crippen molar-refractivity contribution in [3.05, 3.63) is 71.8 Å². The van der Waals surface area contributed by atoms with Crippen molar-refractivity contribution in [2.75, 3.05) is 6.61 Å². The Morgan fingerprint density at radius 1 is 1.00 bits per heavy atom. The highest BCUT2D eigenvalue weighted by atomic mass is 16.5. The molecule has 0 saturated heterocycles. The van der Waals surface area contributed by atoms with Gasteiger partial charge in [0.2, 0.25) is 0 Å². The summed E-state index contributed by atoms with van der Waals surface area (Å²) < 4.78 is 5.29. The van der Waals surface area contributed by atoms with Gasteiger partial charge in [-0.05, 0) is 25.3 Å². The van der Waals surface area contributed by atoms with Crippen LogP contribution in [-0.2, 0) is 9.53 Å². The third-order valence-electron chi connectivity index (χ3n) is 5.08. The third kappa shape index (κ3) is 2.86. The summed E-state index contributed by atoms with van der Waals surface area (Å²) in [6.45, 7) is 4.09. The van der Waals surface area contributed by atoms with E-state index in [9.17, 15) is 9.59 Å². The SMILES string of the molecule is CCOC(=O)[C@@]1(C)[C@@H](CC(=O)c2ccccc2)[C@@H]1c1ccccc1. The minimum atomic E-state index is -0.623. The molecule has 0 N–H and O–H groups in total. The average molecular weight is 322 g/mol. The molecule has 0 radical (unpaired) electrons. The van der Waals surface area contributed by atoms with Gasteiger partial charge in [-0.2, -0.15) is 0 Å². The quantitative estimate of drug-likeness (QED) is 0.590. The molecule has 2 aromatic rings. The molecule has 3 nitrogen and oxygen atoms in total. The lowest BCUT2D eigenvalue weighted by molar-refractivity contribution is -0.149. The summed E-state index contributed by atoms with van der Waals surface area (Å²) in [6.07, 6.45) is 0.360. The van der Waals surface area contributed by atoms with Crippen LogP contribution in [0.1, 0.15) is 42.1 Å². The number of hydrogen-bond donors (Lipinski definition) is 0. The van der Waals surface area contributed by atoms with Crippen LogP contribution in [0.4, 0.5) is 0 Å². The largest absolute Gasteiger partial charge is 0.466 e. The molecule has 24 heavy (non-hydrogen) atoms. The van der Waals surface area contributed by atoms with Gasteiger partial charge >= 0.3 is 5.97 Å². The topological polar surface area (TPSA) is 43.4 Å². The monoisotopic (exact) mass is 322 g/mol. The van der Waals surface area contributed by atoms with E-state index in [1.54, 1.807) is 0 Å². The van der Waals surface area contributed by atoms with Crippen molar-refractivity contribution in [3.8, 4) is 0 Å². The van der Waals surface area contributed by atoms with E-state index in [2.05, 4.69) is 0 Å². The van der Waals surface area contributed by atoms with Gasteiger partial charge in [-0.15, -0.1) is 0 Å². The molecule has 0 heterocycles. The van der Waals surface area contributed by atoms with E-state index in [0.29, 0.717) is 18.6 Å². The molecule has 0 spiro atoms. The number of ether oxygens (including phenoxy) is 1. The smallest absolute Gasteiger partial charge is 0.312 e. The maximum Gasteiger partial charge on any atom is 0.312 e. The van der Waals surface area contributed by atoms with Gasteiger partial charge in [-0.1, -0.05) is 60.7 Å². The second-order valence-electron chi connectivity index (χ2n) is 6.49. The molecule has 1 fully saturated rings. The number of hydrogen-bond acceptors (Lipinski definition) is 3. The van der Waals surface area contributed by atoms with Crippen LogP contribution >= 0.6 is 0 Å². The number of carbonyl (C=O) groups excluding carboxylic acids is 2. The molecule has 0 aliphatic heterocycles. The third-order valence-corrected chi connectivity index (χ3v) is 5.08. The molecule has 3 rings (SSSR count). The van der Waals surface area contributed by atoms with Crippen LogP contribution in [0.2, 0.25) is 0 Å². The standard InChI is InChI=1S/C21H22O3/c1-3-24-20(23)21(2)17(19(21)16-12-8-5-9-13-16)14-18(22)15-10-6-4-7-11-15/h4-13,17,19H,3,14H2,1-2H3/t17-,19-,21-/m0/s1. The first kappa shape index (κ1) is 16.4. The highest BCUT2D eigenvalue weighted by Crippen LogP contribution is 2.67. The van der Waals surface area contributed by atoms with Crippen LogP contribution in [0.15, 0.2) is 60.7 Å². The number of esters is 1. The zero-order valence-electron chi connectivity index (χ0n) is 14.1. The second kappa shape index (κ2) is 6.60.